The molecule has 0 aromatic carbocycles. The first-order valence-electron chi connectivity index (χ1n) is 3.46. The number of nitrogens with two attached hydrogens (primary N) is 1. The van der Waals surface area contributed by atoms with Gasteiger partial charge in [-0.05, 0) is 6.07 Å². The van der Waals surface area contributed by atoms with Gasteiger partial charge in [-0.25, -0.2) is 4.79 Å². The quantitative estimate of drug-likeness (QED) is 0.614. The van der Waals surface area contributed by atoms with Crippen LogP contribution in [0.1, 0.15) is 10.5 Å². The lowest BCUT2D eigenvalue weighted by molar-refractivity contribution is 0.0996. The molecule has 0 bridgehead atoms. The van der Waals surface area contributed by atoms with Crippen LogP contribution in [-0.2, 0) is 4.74 Å². The molecule has 1 rings (SSSR count). The maximum atomic E-state index is 10.7. The average Bonchev–Trinajstić information content (AvgIpc) is 2.52. The van der Waals surface area contributed by atoms with Crippen LogP contribution in [0.15, 0.2) is 12.3 Å². The molecule has 0 saturated heterocycles. The SMILES string of the molecule is COC(=O)Nc1c[nH]c(C(N)=O)c1. The number of carbonyl (C=O) groups is 2. The van der Waals surface area contributed by atoms with Crippen LogP contribution in [0.25, 0.3) is 0 Å². The Kier molecular flexibility index (Phi) is 2.53. The molecule has 0 atom stereocenters. The second-order valence-corrected chi connectivity index (χ2v) is 2.28. The van der Waals surface area contributed by atoms with Gasteiger partial charge in [0.05, 0.1) is 12.8 Å². The molecule has 0 saturated carbocycles. The fourth-order valence-electron chi connectivity index (χ4n) is 0.778. The minimum atomic E-state index is -0.602. The van der Waals surface area contributed by atoms with Crippen molar-refractivity contribution in [2.24, 2.45) is 5.73 Å². The van der Waals surface area contributed by atoms with Crippen molar-refractivity contribution >= 4 is 17.7 Å². The van der Waals surface area contributed by atoms with E-state index in [0.717, 1.165) is 0 Å². The molecular formula is C7H9N3O3. The number of hydrogen-bond donors (Lipinski definition) is 3. The summed E-state index contributed by atoms with van der Waals surface area (Å²) in [7, 11) is 1.25. The number of hydrogen-bond acceptors (Lipinski definition) is 3. The summed E-state index contributed by atoms with van der Waals surface area (Å²) in [5, 5.41) is 2.37. The van der Waals surface area contributed by atoms with Crippen molar-refractivity contribution < 1.29 is 14.3 Å². The third-order valence-electron chi connectivity index (χ3n) is 1.38. The molecule has 4 N–H and O–H groups in total. The van der Waals surface area contributed by atoms with E-state index in [0.29, 0.717) is 5.69 Å². The normalized spacial score (nSPS) is 9.31. The van der Waals surface area contributed by atoms with Gasteiger partial charge in [-0.3, -0.25) is 10.1 Å². The Bertz CT molecular complexity index is 331. The molecule has 2 amide bonds. The van der Waals surface area contributed by atoms with Crippen molar-refractivity contribution in [1.29, 1.82) is 0 Å². The van der Waals surface area contributed by atoms with E-state index in [4.69, 9.17) is 5.73 Å². The van der Waals surface area contributed by atoms with Gasteiger partial charge in [0.25, 0.3) is 5.91 Å². The molecule has 6 nitrogen and oxygen atoms in total. The first-order valence-corrected chi connectivity index (χ1v) is 3.46. The number of rotatable bonds is 2. The lowest BCUT2D eigenvalue weighted by Gasteiger charge is -1.97. The van der Waals surface area contributed by atoms with Crippen LogP contribution < -0.4 is 11.1 Å². The molecule has 70 valence electrons. The van der Waals surface area contributed by atoms with E-state index in [1.165, 1.54) is 19.4 Å². The Morgan fingerprint density at radius 2 is 2.31 bits per heavy atom. The van der Waals surface area contributed by atoms with E-state index in [1.54, 1.807) is 0 Å². The van der Waals surface area contributed by atoms with Crippen LogP contribution in [-0.4, -0.2) is 24.1 Å². The van der Waals surface area contributed by atoms with E-state index in [1.807, 2.05) is 0 Å². The summed E-state index contributed by atoms with van der Waals surface area (Å²) in [4.78, 5) is 23.9. The van der Waals surface area contributed by atoms with Crippen molar-refractivity contribution in [3.63, 3.8) is 0 Å². The molecule has 13 heavy (non-hydrogen) atoms. The molecule has 6 heteroatoms. The number of ether oxygens (including phenoxy) is 1. The average molecular weight is 183 g/mol. The molecule has 1 aromatic heterocycles. The van der Waals surface area contributed by atoms with Crippen LogP contribution in [0.5, 0.6) is 0 Å². The lowest BCUT2D eigenvalue weighted by Crippen LogP contribution is -2.11. The highest BCUT2D eigenvalue weighted by Crippen LogP contribution is 2.08. The molecule has 0 aliphatic carbocycles. The number of H-pyrrole nitrogens is 1. The van der Waals surface area contributed by atoms with Crippen molar-refractivity contribution in [2.45, 2.75) is 0 Å². The summed E-state index contributed by atoms with van der Waals surface area (Å²) in [6.07, 6.45) is 0.840. The maximum Gasteiger partial charge on any atom is 0.411 e. The smallest absolute Gasteiger partial charge is 0.411 e. The van der Waals surface area contributed by atoms with Gasteiger partial charge in [0.15, 0.2) is 0 Å². The zero-order valence-corrected chi connectivity index (χ0v) is 6.96. The molecule has 0 fully saturated rings. The maximum absolute atomic E-state index is 10.7. The highest BCUT2D eigenvalue weighted by Gasteiger charge is 2.06. The number of primary amides is 1. The minimum Gasteiger partial charge on any atom is -0.453 e. The van der Waals surface area contributed by atoms with E-state index < -0.39 is 12.0 Å². The Balaban J connectivity index is 2.69. The Hall–Kier alpha value is -1.98. The van der Waals surface area contributed by atoms with Gasteiger partial charge in [-0.15, -0.1) is 0 Å². The van der Waals surface area contributed by atoms with E-state index in [9.17, 15) is 9.59 Å². The molecule has 1 aromatic rings. The molecule has 0 aliphatic heterocycles. The van der Waals surface area contributed by atoms with Gasteiger partial charge >= 0.3 is 6.09 Å². The molecule has 0 radical (unpaired) electrons. The predicted molar refractivity (Wildman–Crippen MR) is 45.3 cm³/mol. The van der Waals surface area contributed by atoms with Crippen molar-refractivity contribution in [3.05, 3.63) is 18.0 Å². The van der Waals surface area contributed by atoms with Gasteiger partial charge in [0.1, 0.15) is 5.69 Å². The zero-order chi connectivity index (χ0) is 9.84. The summed E-state index contributed by atoms with van der Waals surface area (Å²) in [5.74, 6) is -0.585. The van der Waals surface area contributed by atoms with E-state index in [2.05, 4.69) is 15.0 Å². The van der Waals surface area contributed by atoms with Gasteiger partial charge in [0, 0.05) is 6.20 Å². The number of aromatic amines is 1. The third kappa shape index (κ3) is 2.22. The summed E-state index contributed by atoms with van der Waals surface area (Å²) in [6, 6.07) is 1.42. The minimum absolute atomic E-state index is 0.228. The third-order valence-corrected chi connectivity index (χ3v) is 1.38. The van der Waals surface area contributed by atoms with Crippen LogP contribution in [0.3, 0.4) is 0 Å². The first kappa shape index (κ1) is 9.11. The molecule has 0 aliphatic rings. The summed E-state index contributed by atoms with van der Waals surface area (Å²) in [5.41, 5.74) is 5.64. The highest BCUT2D eigenvalue weighted by molar-refractivity contribution is 5.93. The largest absolute Gasteiger partial charge is 0.453 e. The topological polar surface area (TPSA) is 97.2 Å². The lowest BCUT2D eigenvalue weighted by atomic mass is 10.4. The zero-order valence-electron chi connectivity index (χ0n) is 6.96. The van der Waals surface area contributed by atoms with Gasteiger partial charge in [-0.2, -0.15) is 0 Å². The number of anilines is 1. The fraction of sp³-hybridized carbons (Fsp3) is 0.143. The van der Waals surface area contributed by atoms with Crippen LogP contribution in [0, 0.1) is 0 Å². The van der Waals surface area contributed by atoms with Crippen LogP contribution in [0.2, 0.25) is 0 Å². The van der Waals surface area contributed by atoms with Crippen LogP contribution in [0.4, 0.5) is 10.5 Å². The molecular weight excluding hydrogens is 174 g/mol. The monoisotopic (exact) mass is 183 g/mol. The second kappa shape index (κ2) is 3.61. The molecule has 0 unspecified atom stereocenters. The summed E-state index contributed by atoms with van der Waals surface area (Å²) < 4.78 is 4.34. The van der Waals surface area contributed by atoms with E-state index >= 15 is 0 Å². The van der Waals surface area contributed by atoms with Crippen LogP contribution >= 0.6 is 0 Å². The Morgan fingerprint density at radius 3 is 2.77 bits per heavy atom. The summed E-state index contributed by atoms with van der Waals surface area (Å²) >= 11 is 0. The molecule has 1 heterocycles. The number of methoxy groups -OCH3 is 1. The standard InChI is InChI=1S/C7H9N3O3/c1-13-7(12)10-4-2-5(6(8)11)9-3-4/h2-3,9H,1H3,(H2,8,11)(H,10,12). The Morgan fingerprint density at radius 1 is 1.62 bits per heavy atom. The second-order valence-electron chi connectivity index (χ2n) is 2.28. The number of aromatic nitrogens is 1. The molecule has 0 spiro atoms. The predicted octanol–water partition coefficient (Wildman–Crippen LogP) is 0.292. The number of amides is 2. The van der Waals surface area contributed by atoms with Gasteiger partial charge in [0.2, 0.25) is 0 Å². The van der Waals surface area contributed by atoms with Gasteiger partial charge in [-0.1, -0.05) is 0 Å². The van der Waals surface area contributed by atoms with Crippen molar-refractivity contribution in [1.82, 2.24) is 4.98 Å². The van der Waals surface area contributed by atoms with Crippen molar-refractivity contribution in [2.75, 3.05) is 12.4 Å². The summed E-state index contributed by atoms with van der Waals surface area (Å²) in [6.45, 7) is 0. The fourth-order valence-corrected chi connectivity index (χ4v) is 0.778. The van der Waals surface area contributed by atoms with Gasteiger partial charge < -0.3 is 15.5 Å². The number of nitrogens with one attached hydrogen (secondary N) is 2. The number of carbonyl (C=O) groups excluding carboxylic acids is 2. The Labute approximate surface area is 74.1 Å². The van der Waals surface area contributed by atoms with Crippen molar-refractivity contribution in [3.8, 4) is 0 Å². The highest BCUT2D eigenvalue weighted by atomic mass is 16.5. The first-order chi connectivity index (χ1) is 6.13. The van der Waals surface area contributed by atoms with E-state index in [-0.39, 0.29) is 5.69 Å².